The predicted octanol–water partition coefficient (Wildman–Crippen LogP) is 1.52. The second kappa shape index (κ2) is 7.82. The zero-order chi connectivity index (χ0) is 12.5. The van der Waals surface area contributed by atoms with Crippen LogP contribution in [0.25, 0.3) is 0 Å². The van der Waals surface area contributed by atoms with E-state index >= 15 is 0 Å². The van der Waals surface area contributed by atoms with Crippen LogP contribution < -0.4 is 5.32 Å². The summed E-state index contributed by atoms with van der Waals surface area (Å²) >= 11 is 1.70. The zero-order valence-electron chi connectivity index (χ0n) is 9.69. The lowest BCUT2D eigenvalue weighted by atomic mass is 10.3. The van der Waals surface area contributed by atoms with Crippen molar-refractivity contribution in [3.63, 3.8) is 0 Å². The molecule has 0 radical (unpaired) electrons. The minimum atomic E-state index is -0.385. The van der Waals surface area contributed by atoms with Gasteiger partial charge in [-0.3, -0.25) is 0 Å². The lowest BCUT2D eigenvalue weighted by molar-refractivity contribution is 0.0600. The van der Waals surface area contributed by atoms with E-state index < -0.39 is 0 Å². The molecule has 92 valence electrons. The van der Waals surface area contributed by atoms with Gasteiger partial charge in [0.15, 0.2) is 0 Å². The van der Waals surface area contributed by atoms with Gasteiger partial charge in [0, 0.05) is 12.3 Å². The summed E-state index contributed by atoms with van der Waals surface area (Å²) in [5.74, 6) is 4.58. The van der Waals surface area contributed by atoms with Crippen molar-refractivity contribution in [2.75, 3.05) is 25.2 Å². The maximum Gasteiger partial charge on any atom is 0.341 e. The third-order valence-electron chi connectivity index (χ3n) is 1.98. The van der Waals surface area contributed by atoms with Crippen molar-refractivity contribution in [3.8, 4) is 12.3 Å². The van der Waals surface area contributed by atoms with Gasteiger partial charge in [-0.2, -0.15) is 0 Å². The van der Waals surface area contributed by atoms with Crippen LogP contribution >= 0.6 is 11.8 Å². The largest absolute Gasteiger partial charge is 0.467 e. The van der Waals surface area contributed by atoms with Gasteiger partial charge in [-0.15, -0.1) is 18.2 Å². The maximum atomic E-state index is 11.2. The molecule has 0 aliphatic heterocycles. The summed E-state index contributed by atoms with van der Waals surface area (Å²) in [5.41, 5.74) is 0.436. The molecule has 1 N–H and O–H groups in total. The predicted molar refractivity (Wildman–Crippen MR) is 67.9 cm³/mol. The summed E-state index contributed by atoms with van der Waals surface area (Å²) in [6.07, 6.45) is 6.53. The fourth-order valence-corrected chi connectivity index (χ4v) is 1.74. The van der Waals surface area contributed by atoms with Gasteiger partial charge in [-0.25, -0.2) is 4.79 Å². The van der Waals surface area contributed by atoms with Crippen LogP contribution in [0, 0.1) is 12.3 Å². The van der Waals surface area contributed by atoms with Crippen molar-refractivity contribution in [1.82, 2.24) is 5.32 Å². The highest BCUT2D eigenvalue weighted by Gasteiger charge is 2.09. The van der Waals surface area contributed by atoms with Gasteiger partial charge >= 0.3 is 5.97 Å². The minimum Gasteiger partial charge on any atom is -0.467 e. The number of ether oxygens (including phenoxy) is 1. The smallest absolute Gasteiger partial charge is 0.341 e. The molecule has 1 heterocycles. The number of esters is 1. The molecule has 0 bridgehead atoms. The Hall–Kier alpha value is -1.38. The number of carbonyl (C=O) groups is 1. The molecule has 0 aliphatic carbocycles. The van der Waals surface area contributed by atoms with Gasteiger partial charge in [0.1, 0.15) is 12.0 Å². The van der Waals surface area contributed by atoms with Crippen molar-refractivity contribution in [1.29, 1.82) is 0 Å². The van der Waals surface area contributed by atoms with Crippen molar-refractivity contribution < 1.29 is 13.9 Å². The van der Waals surface area contributed by atoms with E-state index in [4.69, 9.17) is 10.8 Å². The van der Waals surface area contributed by atoms with Crippen molar-refractivity contribution in [2.24, 2.45) is 0 Å². The average Bonchev–Trinajstić information content (AvgIpc) is 2.81. The molecule has 0 aliphatic rings. The summed E-state index contributed by atoms with van der Waals surface area (Å²) in [5, 5.41) is 3.20. The highest BCUT2D eigenvalue weighted by atomic mass is 32.2. The van der Waals surface area contributed by atoms with Crippen LogP contribution in [-0.2, 0) is 11.3 Å². The number of carbonyl (C=O) groups excluding carboxylic acids is 1. The molecule has 0 saturated heterocycles. The van der Waals surface area contributed by atoms with Crippen LogP contribution in [0.3, 0.4) is 0 Å². The maximum absolute atomic E-state index is 11.2. The molecule has 0 amide bonds. The quantitative estimate of drug-likeness (QED) is 0.453. The van der Waals surface area contributed by atoms with E-state index in [-0.39, 0.29) is 5.97 Å². The minimum absolute atomic E-state index is 0.385. The van der Waals surface area contributed by atoms with E-state index in [2.05, 4.69) is 16.0 Å². The Balaban J connectivity index is 2.21. The third-order valence-corrected chi connectivity index (χ3v) is 2.85. The number of methoxy groups -OCH3 is 1. The lowest BCUT2D eigenvalue weighted by Crippen LogP contribution is -2.16. The highest BCUT2D eigenvalue weighted by Crippen LogP contribution is 2.08. The fraction of sp³-hybridized carbons (Fsp3) is 0.417. The Morgan fingerprint density at radius 1 is 1.71 bits per heavy atom. The molecule has 0 fully saturated rings. The van der Waals surface area contributed by atoms with Crippen LogP contribution in [0.4, 0.5) is 0 Å². The van der Waals surface area contributed by atoms with Gasteiger partial charge in [0.25, 0.3) is 0 Å². The molecule has 17 heavy (non-hydrogen) atoms. The fourth-order valence-electron chi connectivity index (χ4n) is 1.19. The highest BCUT2D eigenvalue weighted by molar-refractivity contribution is 7.99. The molecule has 5 heteroatoms. The Morgan fingerprint density at radius 3 is 3.24 bits per heavy atom. The molecule has 4 nitrogen and oxygen atoms in total. The van der Waals surface area contributed by atoms with E-state index in [1.54, 1.807) is 17.8 Å². The van der Waals surface area contributed by atoms with E-state index in [0.717, 1.165) is 18.1 Å². The van der Waals surface area contributed by atoms with Crippen LogP contribution in [0.5, 0.6) is 0 Å². The molecule has 1 aromatic heterocycles. The Kier molecular flexibility index (Phi) is 6.30. The molecule has 0 aromatic carbocycles. The van der Waals surface area contributed by atoms with Crippen LogP contribution in [-0.4, -0.2) is 31.1 Å². The Labute approximate surface area is 105 Å². The standard InChI is InChI=1S/C12H15NO3S/c1-3-5-17-6-4-13-8-11-7-10(9-16-11)12(14)15-2/h1,7,9,13H,4-6,8H2,2H3. The van der Waals surface area contributed by atoms with E-state index in [1.165, 1.54) is 13.4 Å². The number of rotatable bonds is 7. The zero-order valence-corrected chi connectivity index (χ0v) is 10.5. The van der Waals surface area contributed by atoms with Gasteiger partial charge in [0.2, 0.25) is 0 Å². The summed E-state index contributed by atoms with van der Waals surface area (Å²) in [4.78, 5) is 11.2. The van der Waals surface area contributed by atoms with Crippen LogP contribution in [0.15, 0.2) is 16.7 Å². The summed E-state index contributed by atoms with van der Waals surface area (Å²) in [6, 6.07) is 1.67. The second-order valence-corrected chi connectivity index (χ2v) is 4.33. The summed E-state index contributed by atoms with van der Waals surface area (Å²) < 4.78 is 9.79. The Morgan fingerprint density at radius 2 is 2.53 bits per heavy atom. The van der Waals surface area contributed by atoms with Crippen LogP contribution in [0.2, 0.25) is 0 Å². The number of nitrogens with one attached hydrogen (secondary N) is 1. The normalized spacial score (nSPS) is 9.88. The first-order valence-electron chi connectivity index (χ1n) is 5.15. The number of hydrogen-bond acceptors (Lipinski definition) is 5. The van der Waals surface area contributed by atoms with Crippen molar-refractivity contribution >= 4 is 17.7 Å². The van der Waals surface area contributed by atoms with E-state index in [9.17, 15) is 4.79 Å². The molecule has 0 spiro atoms. The first-order chi connectivity index (χ1) is 8.27. The molecule has 0 saturated carbocycles. The van der Waals surface area contributed by atoms with Gasteiger partial charge in [-0.1, -0.05) is 5.92 Å². The first kappa shape index (κ1) is 13.7. The third kappa shape index (κ3) is 4.98. The monoisotopic (exact) mass is 253 g/mol. The number of thioether (sulfide) groups is 1. The second-order valence-electron chi connectivity index (χ2n) is 3.23. The average molecular weight is 253 g/mol. The van der Waals surface area contributed by atoms with Gasteiger partial charge in [0.05, 0.1) is 25.0 Å². The molecular formula is C12H15NO3S. The summed E-state index contributed by atoms with van der Waals surface area (Å²) in [6.45, 7) is 1.44. The van der Waals surface area contributed by atoms with Gasteiger partial charge in [-0.05, 0) is 6.07 Å². The van der Waals surface area contributed by atoms with E-state index in [0.29, 0.717) is 17.9 Å². The Bertz CT molecular complexity index is 395. The molecule has 1 aromatic rings. The lowest BCUT2D eigenvalue weighted by Gasteiger charge is -2.00. The van der Waals surface area contributed by atoms with Gasteiger partial charge < -0.3 is 14.5 Å². The number of furan rings is 1. The number of terminal acetylenes is 1. The van der Waals surface area contributed by atoms with E-state index in [1.807, 2.05) is 0 Å². The molecule has 1 rings (SSSR count). The molecule has 0 unspecified atom stereocenters. The SMILES string of the molecule is C#CCSCCNCc1cc(C(=O)OC)co1. The summed E-state index contributed by atoms with van der Waals surface area (Å²) in [7, 11) is 1.34. The molecular weight excluding hydrogens is 238 g/mol. The van der Waals surface area contributed by atoms with Crippen molar-refractivity contribution in [3.05, 3.63) is 23.7 Å². The molecule has 0 atom stereocenters. The van der Waals surface area contributed by atoms with Crippen molar-refractivity contribution in [2.45, 2.75) is 6.54 Å². The first-order valence-corrected chi connectivity index (χ1v) is 6.31. The topological polar surface area (TPSA) is 51.5 Å². The van der Waals surface area contributed by atoms with Crippen LogP contribution in [0.1, 0.15) is 16.1 Å². The number of hydrogen-bond donors (Lipinski definition) is 1.